The molecular formula is C27H32FN3O3. The van der Waals surface area contributed by atoms with E-state index in [-0.39, 0.29) is 30.5 Å². The minimum absolute atomic E-state index is 0.0513. The Morgan fingerprint density at radius 1 is 1.44 bits per heavy atom. The first-order chi connectivity index (χ1) is 16.4. The van der Waals surface area contributed by atoms with Crippen molar-refractivity contribution in [2.75, 3.05) is 14.2 Å². The molecule has 3 heterocycles. The van der Waals surface area contributed by atoms with Crippen molar-refractivity contribution in [3.63, 3.8) is 0 Å². The Bertz CT molecular complexity index is 1240. The lowest BCUT2D eigenvalue weighted by atomic mass is 9.80. The van der Waals surface area contributed by atoms with E-state index < -0.39 is 5.92 Å². The molecule has 1 aliphatic heterocycles. The summed E-state index contributed by atoms with van der Waals surface area (Å²) in [6.45, 7) is 8.45. The van der Waals surface area contributed by atoms with Gasteiger partial charge in [-0.2, -0.15) is 0 Å². The van der Waals surface area contributed by atoms with Gasteiger partial charge in [-0.05, 0) is 61.6 Å². The van der Waals surface area contributed by atoms with E-state index in [4.69, 9.17) is 9.72 Å². The maximum absolute atomic E-state index is 14.5. The summed E-state index contributed by atoms with van der Waals surface area (Å²) in [5.74, 6) is -0.667. The summed E-state index contributed by atoms with van der Waals surface area (Å²) >= 11 is 0. The van der Waals surface area contributed by atoms with Gasteiger partial charge in [0.2, 0.25) is 0 Å². The van der Waals surface area contributed by atoms with Crippen LogP contribution in [0.2, 0.25) is 0 Å². The molecule has 2 aromatic heterocycles. The summed E-state index contributed by atoms with van der Waals surface area (Å²) in [5.41, 5.74) is 6.70. The highest BCUT2D eigenvalue weighted by Gasteiger charge is 2.35. The van der Waals surface area contributed by atoms with Gasteiger partial charge in [0.05, 0.1) is 30.2 Å². The van der Waals surface area contributed by atoms with Crippen molar-refractivity contribution in [2.24, 2.45) is 0 Å². The zero-order valence-electron chi connectivity index (χ0n) is 20.3. The quantitative estimate of drug-likeness (QED) is 0.479. The monoisotopic (exact) mass is 465 g/mol. The second kappa shape index (κ2) is 9.76. The molecule has 2 aliphatic rings. The molecule has 2 atom stereocenters. The summed E-state index contributed by atoms with van der Waals surface area (Å²) in [6.07, 6.45) is 4.88. The van der Waals surface area contributed by atoms with E-state index in [0.717, 1.165) is 41.4 Å². The highest BCUT2D eigenvalue weighted by molar-refractivity contribution is 5.82. The molecule has 0 fully saturated rings. The van der Waals surface area contributed by atoms with Crippen LogP contribution in [0, 0.1) is 0 Å². The van der Waals surface area contributed by atoms with E-state index in [9.17, 15) is 14.0 Å². The fourth-order valence-electron chi connectivity index (χ4n) is 5.25. The third kappa shape index (κ3) is 3.87. The number of rotatable bonds is 8. The Balaban J connectivity index is 2.06. The summed E-state index contributed by atoms with van der Waals surface area (Å²) in [6, 6.07) is 1.95. The second-order valence-corrected chi connectivity index (χ2v) is 8.98. The van der Waals surface area contributed by atoms with Crippen LogP contribution >= 0.6 is 0 Å². The van der Waals surface area contributed by atoms with Gasteiger partial charge in [0.1, 0.15) is 12.1 Å². The van der Waals surface area contributed by atoms with E-state index in [1.54, 1.807) is 18.6 Å². The molecule has 34 heavy (non-hydrogen) atoms. The summed E-state index contributed by atoms with van der Waals surface area (Å²) in [7, 11) is 3.45. The number of fused-ring (bicyclic) bond motifs is 5. The Hall–Kier alpha value is -2.90. The molecule has 7 heteroatoms. The van der Waals surface area contributed by atoms with Crippen LogP contribution in [0.4, 0.5) is 4.39 Å². The lowest BCUT2D eigenvalue weighted by Crippen LogP contribution is -2.27. The number of carbonyl (C=O) groups is 1. The largest absolute Gasteiger partial charge is 0.380 e. The number of allylic oxidation sites excluding steroid dienone is 2. The normalized spacial score (nSPS) is 17.9. The van der Waals surface area contributed by atoms with Crippen molar-refractivity contribution in [3.8, 4) is 11.4 Å². The Labute approximate surface area is 199 Å². The first kappa shape index (κ1) is 24.2. The minimum atomic E-state index is -0.410. The highest BCUT2D eigenvalue weighted by atomic mass is 19.1. The average molecular weight is 466 g/mol. The number of hydrogen-bond donors (Lipinski definition) is 1. The van der Waals surface area contributed by atoms with E-state index >= 15 is 0 Å². The van der Waals surface area contributed by atoms with Crippen molar-refractivity contribution < 1.29 is 13.9 Å². The average Bonchev–Trinajstić information content (AvgIpc) is 3.21. The number of nitrogens with zero attached hydrogens (tertiary/aromatic N) is 2. The number of ether oxygens (including phenoxy) is 1. The van der Waals surface area contributed by atoms with Gasteiger partial charge >= 0.3 is 0 Å². The molecule has 0 aromatic carbocycles. The van der Waals surface area contributed by atoms with Crippen molar-refractivity contribution >= 4 is 17.9 Å². The van der Waals surface area contributed by atoms with Gasteiger partial charge in [-0.1, -0.05) is 20.4 Å². The lowest BCUT2D eigenvalue weighted by Gasteiger charge is -2.30. The number of carbonyl (C=O) groups excluding carboxylic acids is 1. The maximum Gasteiger partial charge on any atom is 0.257 e. The van der Waals surface area contributed by atoms with Gasteiger partial charge in [-0.3, -0.25) is 4.79 Å². The molecule has 0 spiro atoms. The maximum atomic E-state index is 14.5. The molecule has 4 rings (SSSR count). The van der Waals surface area contributed by atoms with Gasteiger partial charge < -0.3 is 19.4 Å². The van der Waals surface area contributed by atoms with Crippen LogP contribution in [0.25, 0.3) is 23.0 Å². The Morgan fingerprint density at radius 3 is 2.82 bits per heavy atom. The third-order valence-corrected chi connectivity index (χ3v) is 7.07. The van der Waals surface area contributed by atoms with E-state index in [1.807, 2.05) is 20.0 Å². The number of hydrogen-bond acceptors (Lipinski definition) is 5. The Kier molecular flexibility index (Phi) is 6.96. The van der Waals surface area contributed by atoms with Gasteiger partial charge in [0.15, 0.2) is 0 Å². The van der Waals surface area contributed by atoms with E-state index in [1.165, 1.54) is 6.08 Å². The molecule has 1 aliphatic carbocycles. The first-order valence-corrected chi connectivity index (χ1v) is 11.9. The Morgan fingerprint density at radius 2 is 2.21 bits per heavy atom. The molecule has 0 bridgehead atoms. The SMILES string of the molecule is C=C1CCC(NC)c2c3c(nc(/C=C(/F)CC)c21)-c1cc(C(C=O)CC)c(COC)c(=O)n1C3. The molecule has 2 aromatic rings. The van der Waals surface area contributed by atoms with Crippen molar-refractivity contribution in [1.82, 2.24) is 14.9 Å². The molecule has 6 nitrogen and oxygen atoms in total. The molecule has 1 N–H and O–H groups in total. The van der Waals surface area contributed by atoms with Gasteiger partial charge in [-0.15, -0.1) is 0 Å². The number of pyridine rings is 2. The van der Waals surface area contributed by atoms with E-state index in [0.29, 0.717) is 41.2 Å². The molecule has 0 amide bonds. The highest BCUT2D eigenvalue weighted by Crippen LogP contribution is 2.45. The van der Waals surface area contributed by atoms with Crippen molar-refractivity contribution in [2.45, 2.75) is 64.6 Å². The zero-order valence-corrected chi connectivity index (χ0v) is 20.3. The van der Waals surface area contributed by atoms with Crippen LogP contribution < -0.4 is 10.9 Å². The van der Waals surface area contributed by atoms with Crippen molar-refractivity contribution in [1.29, 1.82) is 0 Å². The number of halogens is 1. The number of nitrogens with one attached hydrogen (secondary N) is 1. The number of methoxy groups -OCH3 is 1. The number of aldehydes is 1. The standard InChI is InChI=1S/C27H32FN3O3/c1-6-16(13-32)18-11-23-26-19(12-31(23)27(33)20(18)14-34-5)25-21(29-4)9-8-15(3)24(25)22(30-26)10-17(28)7-2/h10-11,13,16,21,29H,3,6-9,12,14H2,1-2,4-5H3/b17-10+. The van der Waals surface area contributed by atoms with Crippen LogP contribution in [-0.4, -0.2) is 30.0 Å². The smallest absolute Gasteiger partial charge is 0.257 e. The molecule has 0 saturated carbocycles. The number of aromatic nitrogens is 2. The van der Waals surface area contributed by atoms with Crippen LogP contribution in [0.1, 0.15) is 85.0 Å². The molecule has 2 unspecified atom stereocenters. The fraction of sp³-hybridized carbons (Fsp3) is 0.444. The minimum Gasteiger partial charge on any atom is -0.380 e. The van der Waals surface area contributed by atoms with E-state index in [2.05, 4.69) is 11.9 Å². The predicted molar refractivity (Wildman–Crippen MR) is 132 cm³/mol. The second-order valence-electron chi connectivity index (χ2n) is 8.98. The summed E-state index contributed by atoms with van der Waals surface area (Å²) in [4.78, 5) is 30.3. The predicted octanol–water partition coefficient (Wildman–Crippen LogP) is 4.90. The molecule has 0 radical (unpaired) electrons. The summed E-state index contributed by atoms with van der Waals surface area (Å²) in [5, 5.41) is 3.39. The lowest BCUT2D eigenvalue weighted by molar-refractivity contribution is -0.109. The summed E-state index contributed by atoms with van der Waals surface area (Å²) < 4.78 is 21.5. The molecular weight excluding hydrogens is 433 g/mol. The van der Waals surface area contributed by atoms with Gasteiger partial charge in [-0.25, -0.2) is 9.37 Å². The zero-order chi connectivity index (χ0) is 24.6. The van der Waals surface area contributed by atoms with Crippen LogP contribution in [-0.2, 0) is 22.7 Å². The third-order valence-electron chi connectivity index (χ3n) is 7.07. The topological polar surface area (TPSA) is 73.2 Å². The van der Waals surface area contributed by atoms with Crippen LogP contribution in [0.5, 0.6) is 0 Å². The van der Waals surface area contributed by atoms with Gasteiger partial charge in [0, 0.05) is 35.8 Å². The van der Waals surface area contributed by atoms with Gasteiger partial charge in [0.25, 0.3) is 5.56 Å². The fourth-order valence-corrected chi connectivity index (χ4v) is 5.25. The molecule has 180 valence electrons. The van der Waals surface area contributed by atoms with Crippen LogP contribution in [0.15, 0.2) is 23.3 Å². The first-order valence-electron chi connectivity index (χ1n) is 11.9. The van der Waals surface area contributed by atoms with Crippen molar-refractivity contribution in [3.05, 3.63) is 62.3 Å². The van der Waals surface area contributed by atoms with Crippen LogP contribution in [0.3, 0.4) is 0 Å². The molecule has 0 saturated heterocycles.